The normalized spacial score (nSPS) is 13.6. The van der Waals surface area contributed by atoms with Crippen LogP contribution in [0.15, 0.2) is 107 Å². The van der Waals surface area contributed by atoms with E-state index in [1.165, 1.54) is 21.5 Å². The maximum Gasteiger partial charge on any atom is 0.212 e. The molecule has 0 saturated heterocycles. The molecule has 0 bridgehead atoms. The Morgan fingerprint density at radius 1 is 0.750 bits per heavy atom. The van der Waals surface area contributed by atoms with Crippen LogP contribution in [0.1, 0.15) is 11.1 Å². The van der Waals surface area contributed by atoms with Gasteiger partial charge < -0.3 is 5.32 Å². The summed E-state index contributed by atoms with van der Waals surface area (Å²) in [6.45, 7) is 1.61. The second kappa shape index (κ2) is 9.31. The molecule has 0 aromatic heterocycles. The molecule has 5 rings (SSSR count). The van der Waals surface area contributed by atoms with Crippen molar-refractivity contribution in [1.29, 1.82) is 0 Å². The van der Waals surface area contributed by atoms with Crippen LogP contribution in [-0.4, -0.2) is 24.8 Å². The smallest absolute Gasteiger partial charge is 0.212 e. The molecule has 32 heavy (non-hydrogen) atoms. The molecule has 0 saturated carbocycles. The largest absolute Gasteiger partial charge is 0.353 e. The first-order valence-corrected chi connectivity index (χ1v) is 10.8. The zero-order valence-electron chi connectivity index (χ0n) is 17.7. The van der Waals surface area contributed by atoms with Gasteiger partial charge in [-0.25, -0.2) is 10.4 Å². The summed E-state index contributed by atoms with van der Waals surface area (Å²) in [7, 11) is 0. The second-order valence-electron chi connectivity index (χ2n) is 7.61. The van der Waals surface area contributed by atoms with Gasteiger partial charge >= 0.3 is 0 Å². The van der Waals surface area contributed by atoms with Gasteiger partial charge in [0.05, 0.1) is 12.3 Å². The predicted octanol–water partition coefficient (Wildman–Crippen LogP) is 5.62. The lowest BCUT2D eigenvalue weighted by molar-refractivity contribution is 0.918. The fraction of sp³-hybridized carbons (Fsp3) is 0.0714. The Balaban J connectivity index is 1.48. The second-order valence-corrected chi connectivity index (χ2v) is 7.61. The van der Waals surface area contributed by atoms with Crippen LogP contribution in [-0.2, 0) is 0 Å². The number of rotatable bonds is 5. The van der Waals surface area contributed by atoms with Crippen LogP contribution in [0.25, 0.3) is 33.7 Å². The van der Waals surface area contributed by atoms with Crippen molar-refractivity contribution in [2.45, 2.75) is 0 Å². The van der Waals surface area contributed by atoms with Crippen LogP contribution >= 0.6 is 0 Å². The summed E-state index contributed by atoms with van der Waals surface area (Å²) in [5.74, 6) is 0.708. The number of allylic oxidation sites excluding steroid dienone is 2. The standard InChI is InChI=1S/C28H24N4/c1-3-13-26-21(7-1)9-5-11-23(26)15-17-25(31-32-28-29-19-20-30-28)18-16-24-12-6-10-22-8-2-4-14-27(22)24/h1-18H,19-20H2,(H2,29,30,32). The maximum atomic E-state index is 4.60. The van der Waals surface area contributed by atoms with Crippen molar-refractivity contribution in [2.24, 2.45) is 10.1 Å². The van der Waals surface area contributed by atoms with E-state index in [0.717, 1.165) is 29.9 Å². The van der Waals surface area contributed by atoms with E-state index in [-0.39, 0.29) is 0 Å². The number of nitrogens with zero attached hydrogens (tertiary/aromatic N) is 2. The Labute approximate surface area is 187 Å². The highest BCUT2D eigenvalue weighted by molar-refractivity contribution is 6.10. The molecule has 156 valence electrons. The van der Waals surface area contributed by atoms with Gasteiger partial charge in [-0.1, -0.05) is 97.1 Å². The highest BCUT2D eigenvalue weighted by Crippen LogP contribution is 2.21. The summed E-state index contributed by atoms with van der Waals surface area (Å²) in [5.41, 5.74) is 6.18. The molecule has 0 radical (unpaired) electrons. The molecule has 0 unspecified atom stereocenters. The first-order valence-electron chi connectivity index (χ1n) is 10.8. The van der Waals surface area contributed by atoms with E-state index < -0.39 is 0 Å². The van der Waals surface area contributed by atoms with Gasteiger partial charge in [-0.2, -0.15) is 5.10 Å². The quantitative estimate of drug-likeness (QED) is 0.327. The monoisotopic (exact) mass is 416 g/mol. The third-order valence-corrected chi connectivity index (χ3v) is 5.48. The topological polar surface area (TPSA) is 48.8 Å². The predicted molar refractivity (Wildman–Crippen MR) is 137 cm³/mol. The summed E-state index contributed by atoms with van der Waals surface area (Å²) in [6.07, 6.45) is 8.29. The van der Waals surface area contributed by atoms with Crippen LogP contribution in [0, 0.1) is 0 Å². The van der Waals surface area contributed by atoms with Crippen LogP contribution in [0.5, 0.6) is 0 Å². The number of benzene rings is 4. The molecular formula is C28H24N4. The number of nitrogens with one attached hydrogen (secondary N) is 2. The highest BCUT2D eigenvalue weighted by Gasteiger charge is 2.03. The van der Waals surface area contributed by atoms with Gasteiger partial charge in [0.25, 0.3) is 0 Å². The molecule has 1 aliphatic rings. The zero-order valence-corrected chi connectivity index (χ0v) is 17.7. The van der Waals surface area contributed by atoms with E-state index in [0.29, 0.717) is 5.96 Å². The van der Waals surface area contributed by atoms with E-state index in [4.69, 9.17) is 0 Å². The van der Waals surface area contributed by atoms with Crippen LogP contribution in [0.2, 0.25) is 0 Å². The van der Waals surface area contributed by atoms with Gasteiger partial charge in [-0.05, 0) is 44.8 Å². The fourth-order valence-corrected chi connectivity index (χ4v) is 3.86. The average Bonchev–Trinajstić information content (AvgIpc) is 3.37. The summed E-state index contributed by atoms with van der Waals surface area (Å²) in [5, 5.41) is 12.7. The molecule has 0 aliphatic carbocycles. The third kappa shape index (κ3) is 4.44. The van der Waals surface area contributed by atoms with E-state index >= 15 is 0 Å². The van der Waals surface area contributed by atoms with Gasteiger partial charge in [0, 0.05) is 6.54 Å². The first kappa shape index (κ1) is 19.8. The lowest BCUT2D eigenvalue weighted by atomic mass is 10.0. The lowest BCUT2D eigenvalue weighted by Crippen LogP contribution is -2.30. The van der Waals surface area contributed by atoms with Crippen LogP contribution < -0.4 is 10.7 Å². The Morgan fingerprint density at radius 3 is 1.88 bits per heavy atom. The minimum Gasteiger partial charge on any atom is -0.353 e. The summed E-state index contributed by atoms with van der Waals surface area (Å²) in [6, 6.07) is 29.5. The Kier molecular flexibility index (Phi) is 5.75. The van der Waals surface area contributed by atoms with E-state index in [9.17, 15) is 0 Å². The SMILES string of the molecule is C(=Cc1cccc2ccccc12)C(C=Cc1cccc2ccccc12)=NNC1=NCCN1. The zero-order chi connectivity index (χ0) is 21.6. The third-order valence-electron chi connectivity index (χ3n) is 5.48. The molecule has 0 atom stereocenters. The van der Waals surface area contributed by atoms with Crippen molar-refractivity contribution in [3.63, 3.8) is 0 Å². The molecule has 4 aromatic carbocycles. The van der Waals surface area contributed by atoms with Crippen molar-refractivity contribution in [3.05, 3.63) is 108 Å². The van der Waals surface area contributed by atoms with Gasteiger partial charge in [-0.15, -0.1) is 0 Å². The number of hydrazone groups is 1. The van der Waals surface area contributed by atoms with Gasteiger partial charge in [0.2, 0.25) is 5.96 Å². The first-order chi connectivity index (χ1) is 15.9. The molecule has 0 spiro atoms. The minimum absolute atomic E-state index is 0.708. The average molecular weight is 417 g/mol. The summed E-state index contributed by atoms with van der Waals surface area (Å²) >= 11 is 0. The van der Waals surface area contributed by atoms with Crippen molar-refractivity contribution in [3.8, 4) is 0 Å². The number of aliphatic imine (C=N–C) groups is 1. The molecular weight excluding hydrogens is 392 g/mol. The molecule has 0 fully saturated rings. The molecule has 4 nitrogen and oxygen atoms in total. The molecule has 4 heteroatoms. The molecule has 2 N–H and O–H groups in total. The summed E-state index contributed by atoms with van der Waals surface area (Å²) in [4.78, 5) is 4.37. The van der Waals surface area contributed by atoms with Gasteiger partial charge in [0.1, 0.15) is 0 Å². The van der Waals surface area contributed by atoms with E-state index in [1.54, 1.807) is 0 Å². The van der Waals surface area contributed by atoms with E-state index in [1.807, 2.05) is 12.2 Å². The fourth-order valence-electron chi connectivity index (χ4n) is 3.86. The summed E-state index contributed by atoms with van der Waals surface area (Å²) < 4.78 is 0. The maximum absolute atomic E-state index is 4.60. The van der Waals surface area contributed by atoms with Gasteiger partial charge in [0.15, 0.2) is 0 Å². The number of guanidine groups is 1. The molecule has 1 aliphatic heterocycles. The Morgan fingerprint density at radius 2 is 1.31 bits per heavy atom. The molecule has 4 aromatic rings. The Hall–Kier alpha value is -4.18. The lowest BCUT2D eigenvalue weighted by Gasteiger charge is -2.04. The number of hydrogen-bond donors (Lipinski definition) is 2. The van der Waals surface area contributed by atoms with Crippen LogP contribution in [0.4, 0.5) is 0 Å². The molecule has 1 heterocycles. The Bertz CT molecular complexity index is 1280. The van der Waals surface area contributed by atoms with Crippen molar-refractivity contribution in [2.75, 3.05) is 13.1 Å². The highest BCUT2D eigenvalue weighted by atomic mass is 15.4. The number of hydrogen-bond acceptors (Lipinski definition) is 4. The van der Waals surface area contributed by atoms with Crippen molar-refractivity contribution in [1.82, 2.24) is 10.7 Å². The van der Waals surface area contributed by atoms with Gasteiger partial charge in [-0.3, -0.25) is 0 Å². The van der Waals surface area contributed by atoms with Crippen molar-refractivity contribution < 1.29 is 0 Å². The minimum atomic E-state index is 0.708. The van der Waals surface area contributed by atoms with Crippen LogP contribution in [0.3, 0.4) is 0 Å². The van der Waals surface area contributed by atoms with E-state index in [2.05, 4.69) is 118 Å². The molecule has 0 amide bonds. The number of fused-ring (bicyclic) bond motifs is 2. The van der Waals surface area contributed by atoms with Crippen molar-refractivity contribution >= 4 is 45.4 Å².